The first-order valence-corrected chi connectivity index (χ1v) is 9.55. The zero-order valence-electron chi connectivity index (χ0n) is 14.5. The van der Waals surface area contributed by atoms with E-state index in [1.54, 1.807) is 17.6 Å². The van der Waals surface area contributed by atoms with Gasteiger partial charge in [0.25, 0.3) is 0 Å². The Morgan fingerprint density at radius 3 is 2.92 bits per heavy atom. The third-order valence-electron chi connectivity index (χ3n) is 4.52. The highest BCUT2D eigenvalue weighted by Crippen LogP contribution is 2.24. The van der Waals surface area contributed by atoms with Crippen LogP contribution in [0.4, 0.5) is 0 Å². The molecule has 1 saturated heterocycles. The second-order valence-corrected chi connectivity index (χ2v) is 7.86. The summed E-state index contributed by atoms with van der Waals surface area (Å²) in [5, 5.41) is 11.5. The number of thiophene rings is 1. The van der Waals surface area contributed by atoms with Crippen LogP contribution in [0, 0.1) is 5.92 Å². The fraction of sp³-hybridized carbons (Fsp3) is 0.611. The van der Waals surface area contributed by atoms with Gasteiger partial charge in [-0.05, 0) is 57.3 Å². The van der Waals surface area contributed by atoms with Crippen LogP contribution in [0.5, 0.6) is 0 Å². The summed E-state index contributed by atoms with van der Waals surface area (Å²) >= 11 is 1.65. The first kappa shape index (κ1) is 17.6. The Morgan fingerprint density at radius 2 is 2.25 bits per heavy atom. The summed E-state index contributed by atoms with van der Waals surface area (Å²) < 4.78 is 5.59. The van der Waals surface area contributed by atoms with Crippen LogP contribution in [0.3, 0.4) is 0 Å². The highest BCUT2D eigenvalue weighted by atomic mass is 32.1. The van der Waals surface area contributed by atoms with Gasteiger partial charge in [0.15, 0.2) is 0 Å². The van der Waals surface area contributed by atoms with Crippen molar-refractivity contribution in [2.45, 2.75) is 32.4 Å². The van der Waals surface area contributed by atoms with Gasteiger partial charge in [-0.2, -0.15) is 0 Å². The molecule has 6 heteroatoms. The molecule has 24 heavy (non-hydrogen) atoms. The SMILES string of the molecule is C[C@@H](O)CN1CCC(CN(C)Cc2coc(-c3cccs3)n2)CC1. The summed E-state index contributed by atoms with van der Waals surface area (Å²) in [6.07, 6.45) is 3.96. The maximum atomic E-state index is 9.49. The number of hydrogen-bond acceptors (Lipinski definition) is 6. The molecule has 132 valence electrons. The average Bonchev–Trinajstić information content (AvgIpc) is 3.19. The summed E-state index contributed by atoms with van der Waals surface area (Å²) in [5.41, 5.74) is 0.993. The summed E-state index contributed by atoms with van der Waals surface area (Å²) in [4.78, 5) is 10.4. The fourth-order valence-electron chi connectivity index (χ4n) is 3.40. The van der Waals surface area contributed by atoms with Crippen LogP contribution in [-0.2, 0) is 6.54 Å². The third kappa shape index (κ3) is 4.89. The monoisotopic (exact) mass is 349 g/mol. The Morgan fingerprint density at radius 1 is 1.46 bits per heavy atom. The zero-order chi connectivity index (χ0) is 16.9. The van der Waals surface area contributed by atoms with E-state index in [1.165, 1.54) is 12.8 Å². The second-order valence-electron chi connectivity index (χ2n) is 6.91. The van der Waals surface area contributed by atoms with E-state index in [-0.39, 0.29) is 6.10 Å². The highest BCUT2D eigenvalue weighted by molar-refractivity contribution is 7.13. The molecule has 2 aromatic rings. The Bertz CT molecular complexity index is 604. The van der Waals surface area contributed by atoms with Gasteiger partial charge < -0.3 is 19.3 Å². The molecular weight excluding hydrogens is 322 g/mol. The van der Waals surface area contributed by atoms with E-state index in [1.807, 2.05) is 24.4 Å². The molecule has 1 N–H and O–H groups in total. The smallest absolute Gasteiger partial charge is 0.236 e. The molecule has 0 aromatic carbocycles. The Balaban J connectivity index is 1.44. The molecule has 0 amide bonds. The fourth-order valence-corrected chi connectivity index (χ4v) is 4.06. The number of piperidine rings is 1. The molecule has 5 nitrogen and oxygen atoms in total. The maximum absolute atomic E-state index is 9.49. The highest BCUT2D eigenvalue weighted by Gasteiger charge is 2.21. The van der Waals surface area contributed by atoms with Gasteiger partial charge in [-0.3, -0.25) is 0 Å². The summed E-state index contributed by atoms with van der Waals surface area (Å²) in [6.45, 7) is 6.76. The second kappa shape index (κ2) is 8.25. The van der Waals surface area contributed by atoms with Gasteiger partial charge in [0.05, 0.1) is 16.7 Å². The number of likely N-dealkylation sites (tertiary alicyclic amines) is 1. The quantitative estimate of drug-likeness (QED) is 0.833. The molecule has 0 unspecified atom stereocenters. The van der Waals surface area contributed by atoms with Crippen LogP contribution in [0.1, 0.15) is 25.5 Å². The molecule has 3 rings (SSSR count). The number of aliphatic hydroxyl groups excluding tert-OH is 1. The molecule has 2 aromatic heterocycles. The minimum Gasteiger partial charge on any atom is -0.444 e. The van der Waals surface area contributed by atoms with Gasteiger partial charge in [-0.25, -0.2) is 4.98 Å². The van der Waals surface area contributed by atoms with E-state index in [0.29, 0.717) is 0 Å². The van der Waals surface area contributed by atoms with Crippen LogP contribution < -0.4 is 0 Å². The molecule has 0 radical (unpaired) electrons. The number of aliphatic hydroxyl groups is 1. The number of aromatic nitrogens is 1. The van der Waals surface area contributed by atoms with Crippen molar-refractivity contribution in [2.24, 2.45) is 5.92 Å². The summed E-state index contributed by atoms with van der Waals surface area (Å²) in [6, 6.07) is 4.05. The molecule has 0 spiro atoms. The van der Waals surface area contributed by atoms with Crippen LogP contribution in [-0.4, -0.2) is 59.2 Å². The Hall–Kier alpha value is -1.21. The van der Waals surface area contributed by atoms with Crippen LogP contribution >= 0.6 is 11.3 Å². The minimum absolute atomic E-state index is 0.228. The van der Waals surface area contributed by atoms with E-state index in [4.69, 9.17) is 4.42 Å². The minimum atomic E-state index is -0.228. The van der Waals surface area contributed by atoms with Crippen molar-refractivity contribution in [2.75, 3.05) is 33.2 Å². The summed E-state index contributed by atoms with van der Waals surface area (Å²) in [7, 11) is 2.15. The number of oxazole rings is 1. The van der Waals surface area contributed by atoms with Crippen molar-refractivity contribution < 1.29 is 9.52 Å². The van der Waals surface area contributed by atoms with Crippen molar-refractivity contribution in [3.05, 3.63) is 29.5 Å². The first-order chi connectivity index (χ1) is 11.6. The van der Waals surface area contributed by atoms with Crippen molar-refractivity contribution in [1.82, 2.24) is 14.8 Å². The number of hydrogen-bond donors (Lipinski definition) is 1. The number of β-amino-alcohol motifs (C(OH)–C–C–N with tert-alkyl or cyclic N) is 1. The van der Waals surface area contributed by atoms with Gasteiger partial charge in [0.2, 0.25) is 5.89 Å². The number of nitrogens with zero attached hydrogens (tertiary/aromatic N) is 3. The largest absolute Gasteiger partial charge is 0.444 e. The van der Waals surface area contributed by atoms with Gasteiger partial charge in [-0.15, -0.1) is 11.3 Å². The zero-order valence-corrected chi connectivity index (χ0v) is 15.3. The molecule has 0 saturated carbocycles. The predicted octanol–water partition coefficient (Wildman–Crippen LogP) is 2.93. The van der Waals surface area contributed by atoms with E-state index in [0.717, 1.165) is 55.1 Å². The topological polar surface area (TPSA) is 52.7 Å². The van der Waals surface area contributed by atoms with E-state index < -0.39 is 0 Å². The maximum Gasteiger partial charge on any atom is 0.236 e. The predicted molar refractivity (Wildman–Crippen MR) is 97.0 cm³/mol. The molecule has 0 bridgehead atoms. The van der Waals surface area contributed by atoms with Crippen LogP contribution in [0.15, 0.2) is 28.2 Å². The van der Waals surface area contributed by atoms with Crippen LogP contribution in [0.25, 0.3) is 10.8 Å². The summed E-state index contributed by atoms with van der Waals surface area (Å²) in [5.74, 6) is 1.45. The van der Waals surface area contributed by atoms with E-state index >= 15 is 0 Å². The molecule has 1 fully saturated rings. The number of rotatable bonds is 7. The Kier molecular flexibility index (Phi) is 6.05. The third-order valence-corrected chi connectivity index (χ3v) is 5.37. The standard InChI is InChI=1S/C18H27N3O2S/c1-14(22)10-21-7-5-15(6-8-21)11-20(2)12-16-13-23-18(19-16)17-4-3-9-24-17/h3-4,9,13-15,22H,5-8,10-12H2,1-2H3/t14-/m1/s1. The van der Waals surface area contributed by atoms with Crippen molar-refractivity contribution in [3.63, 3.8) is 0 Å². The lowest BCUT2D eigenvalue weighted by molar-refractivity contribution is 0.0918. The van der Waals surface area contributed by atoms with Crippen LogP contribution in [0.2, 0.25) is 0 Å². The lowest BCUT2D eigenvalue weighted by Crippen LogP contribution is -2.40. The molecule has 1 aliphatic heterocycles. The van der Waals surface area contributed by atoms with Gasteiger partial charge in [0.1, 0.15) is 6.26 Å². The molecular formula is C18H27N3O2S. The molecule has 1 aliphatic rings. The van der Waals surface area contributed by atoms with Crippen molar-refractivity contribution in [3.8, 4) is 10.8 Å². The first-order valence-electron chi connectivity index (χ1n) is 8.67. The average molecular weight is 350 g/mol. The van der Waals surface area contributed by atoms with Crippen molar-refractivity contribution >= 4 is 11.3 Å². The lowest BCUT2D eigenvalue weighted by atomic mass is 9.96. The Labute approximate surface area is 147 Å². The normalized spacial score (nSPS) is 18.3. The van der Waals surface area contributed by atoms with E-state index in [9.17, 15) is 5.11 Å². The lowest BCUT2D eigenvalue weighted by Gasteiger charge is -2.34. The van der Waals surface area contributed by atoms with Gasteiger partial charge in [0, 0.05) is 19.6 Å². The van der Waals surface area contributed by atoms with Gasteiger partial charge in [-0.1, -0.05) is 6.07 Å². The van der Waals surface area contributed by atoms with E-state index in [2.05, 4.69) is 21.8 Å². The molecule has 0 aliphatic carbocycles. The van der Waals surface area contributed by atoms with Gasteiger partial charge >= 0.3 is 0 Å². The molecule has 3 heterocycles. The molecule has 1 atom stereocenters. The van der Waals surface area contributed by atoms with Crippen molar-refractivity contribution in [1.29, 1.82) is 0 Å².